The number of carbonyl (C=O) groups excluding carboxylic acids is 3. The van der Waals surface area contributed by atoms with E-state index in [1.807, 2.05) is 18.2 Å². The van der Waals surface area contributed by atoms with Gasteiger partial charge in [0, 0.05) is 11.5 Å². The molecular weight excluding hydrogens is 348 g/mol. The third-order valence-corrected chi connectivity index (χ3v) is 3.79. The van der Waals surface area contributed by atoms with Crippen LogP contribution in [-0.4, -0.2) is 31.4 Å². The van der Waals surface area contributed by atoms with Gasteiger partial charge >= 0.3 is 11.9 Å². The van der Waals surface area contributed by atoms with Crippen molar-refractivity contribution < 1.29 is 28.3 Å². The monoisotopic (exact) mass is 364 g/mol. The zero-order valence-corrected chi connectivity index (χ0v) is 14.5. The summed E-state index contributed by atoms with van der Waals surface area (Å²) in [6.45, 7) is -0.412. The third kappa shape index (κ3) is 4.49. The molecule has 0 amide bonds. The van der Waals surface area contributed by atoms with Crippen LogP contribution in [0.1, 0.15) is 26.5 Å². The van der Waals surface area contributed by atoms with Crippen molar-refractivity contribution in [3.8, 4) is 0 Å². The summed E-state index contributed by atoms with van der Waals surface area (Å²) in [5.74, 6) is -1.37. The van der Waals surface area contributed by atoms with E-state index in [1.54, 1.807) is 36.4 Å². The van der Waals surface area contributed by atoms with E-state index < -0.39 is 24.3 Å². The summed E-state index contributed by atoms with van der Waals surface area (Å²) in [4.78, 5) is 35.2. The molecule has 3 rings (SSSR count). The number of ketones is 1. The number of hydrogen-bond donors (Lipinski definition) is 0. The molecule has 136 valence electrons. The molecule has 0 fully saturated rings. The van der Waals surface area contributed by atoms with Gasteiger partial charge < -0.3 is 13.9 Å². The van der Waals surface area contributed by atoms with E-state index in [-0.39, 0.29) is 5.76 Å². The molecule has 6 heteroatoms. The molecule has 0 aliphatic carbocycles. The lowest BCUT2D eigenvalue weighted by atomic mass is 10.1. The van der Waals surface area contributed by atoms with Gasteiger partial charge in [0.15, 0.2) is 12.4 Å². The highest BCUT2D eigenvalue weighted by Gasteiger charge is 2.13. The predicted molar refractivity (Wildman–Crippen MR) is 98.3 cm³/mol. The second-order valence-corrected chi connectivity index (χ2v) is 5.63. The first-order valence-electron chi connectivity index (χ1n) is 8.12. The number of methoxy groups -OCH3 is 1. The average molecular weight is 364 g/mol. The minimum Gasteiger partial charge on any atom is -0.465 e. The van der Waals surface area contributed by atoms with Gasteiger partial charge in [-0.25, -0.2) is 9.59 Å². The molecule has 0 N–H and O–H groups in total. The first-order valence-corrected chi connectivity index (χ1v) is 8.12. The van der Waals surface area contributed by atoms with Crippen LogP contribution in [0.4, 0.5) is 0 Å². The predicted octanol–water partition coefficient (Wildman–Crippen LogP) is 3.66. The normalized spacial score (nSPS) is 10.9. The zero-order chi connectivity index (χ0) is 19.2. The van der Waals surface area contributed by atoms with Gasteiger partial charge in [0.2, 0.25) is 5.78 Å². The van der Waals surface area contributed by atoms with Gasteiger partial charge in [0.25, 0.3) is 0 Å². The van der Waals surface area contributed by atoms with Crippen molar-refractivity contribution in [3.05, 3.63) is 77.6 Å². The van der Waals surface area contributed by atoms with Crippen LogP contribution in [-0.2, 0) is 14.3 Å². The molecule has 0 aliphatic rings. The molecule has 0 saturated heterocycles. The first-order chi connectivity index (χ1) is 13.1. The number of fused-ring (bicyclic) bond motifs is 1. The van der Waals surface area contributed by atoms with Crippen molar-refractivity contribution in [3.63, 3.8) is 0 Å². The van der Waals surface area contributed by atoms with E-state index in [4.69, 9.17) is 9.15 Å². The van der Waals surface area contributed by atoms with Gasteiger partial charge in [-0.3, -0.25) is 4.79 Å². The standard InChI is InChI=1S/C21H16O6/c1-25-21(24)15-9-6-14(7-10-15)8-11-20(23)26-13-17(22)19-12-16-4-2-3-5-18(16)27-19/h2-12H,13H2,1H3/b11-8+. The average Bonchev–Trinajstić information content (AvgIpc) is 3.14. The van der Waals surface area contributed by atoms with Crippen LogP contribution < -0.4 is 0 Å². The first kappa shape index (κ1) is 18.1. The lowest BCUT2D eigenvalue weighted by Gasteiger charge is -2.00. The smallest absolute Gasteiger partial charge is 0.337 e. The summed E-state index contributed by atoms with van der Waals surface area (Å²) in [6, 6.07) is 15.3. The molecular formula is C21H16O6. The quantitative estimate of drug-likeness (QED) is 0.377. The molecule has 0 unspecified atom stereocenters. The van der Waals surface area contributed by atoms with E-state index in [1.165, 1.54) is 19.3 Å². The van der Waals surface area contributed by atoms with Crippen molar-refractivity contribution in [1.82, 2.24) is 0 Å². The van der Waals surface area contributed by atoms with Crippen LogP contribution in [0.5, 0.6) is 0 Å². The van der Waals surface area contributed by atoms with Crippen molar-refractivity contribution in [2.45, 2.75) is 0 Å². The lowest BCUT2D eigenvalue weighted by Crippen LogP contribution is -2.11. The number of furan rings is 1. The number of ether oxygens (including phenoxy) is 2. The molecule has 6 nitrogen and oxygen atoms in total. The van der Waals surface area contributed by atoms with Gasteiger partial charge in [-0.15, -0.1) is 0 Å². The van der Waals surface area contributed by atoms with E-state index in [0.29, 0.717) is 16.7 Å². The number of carbonyl (C=O) groups is 3. The largest absolute Gasteiger partial charge is 0.465 e. The van der Waals surface area contributed by atoms with Crippen LogP contribution in [0.2, 0.25) is 0 Å². The van der Waals surface area contributed by atoms with E-state index in [9.17, 15) is 14.4 Å². The Kier molecular flexibility index (Phi) is 5.47. The van der Waals surface area contributed by atoms with Gasteiger partial charge in [0.1, 0.15) is 5.58 Å². The summed E-state index contributed by atoms with van der Waals surface area (Å²) in [5.41, 5.74) is 1.71. The zero-order valence-electron chi connectivity index (χ0n) is 14.5. The molecule has 1 heterocycles. The molecule has 0 bridgehead atoms. The number of rotatable bonds is 6. The Morgan fingerprint density at radius 3 is 2.48 bits per heavy atom. The second kappa shape index (κ2) is 8.14. The maximum absolute atomic E-state index is 12.1. The topological polar surface area (TPSA) is 82.8 Å². The molecule has 27 heavy (non-hydrogen) atoms. The molecule has 2 aromatic carbocycles. The SMILES string of the molecule is COC(=O)c1ccc(/C=C/C(=O)OCC(=O)c2cc3ccccc3o2)cc1. The van der Waals surface area contributed by atoms with Crippen molar-refractivity contribution in [2.24, 2.45) is 0 Å². The highest BCUT2D eigenvalue weighted by atomic mass is 16.5. The van der Waals surface area contributed by atoms with Gasteiger partial charge in [-0.05, 0) is 35.9 Å². The van der Waals surface area contributed by atoms with Crippen molar-refractivity contribution >= 4 is 34.8 Å². The summed E-state index contributed by atoms with van der Waals surface area (Å²) in [5, 5.41) is 0.808. The van der Waals surface area contributed by atoms with E-state index >= 15 is 0 Å². The van der Waals surface area contributed by atoms with Crippen molar-refractivity contribution in [2.75, 3.05) is 13.7 Å². The van der Waals surface area contributed by atoms with Crippen LogP contribution in [0.3, 0.4) is 0 Å². The van der Waals surface area contributed by atoms with Crippen LogP contribution in [0, 0.1) is 0 Å². The Morgan fingerprint density at radius 2 is 1.78 bits per heavy atom. The Morgan fingerprint density at radius 1 is 1.04 bits per heavy atom. The summed E-state index contributed by atoms with van der Waals surface area (Å²) in [7, 11) is 1.30. The van der Waals surface area contributed by atoms with Crippen LogP contribution >= 0.6 is 0 Å². The summed E-state index contributed by atoms with van der Waals surface area (Å²) in [6.07, 6.45) is 2.73. The number of hydrogen-bond acceptors (Lipinski definition) is 6. The molecule has 0 aliphatic heterocycles. The minimum absolute atomic E-state index is 0.145. The van der Waals surface area contributed by atoms with Gasteiger partial charge in [0.05, 0.1) is 12.7 Å². The Bertz CT molecular complexity index is 978. The summed E-state index contributed by atoms with van der Waals surface area (Å²) >= 11 is 0. The highest BCUT2D eigenvalue weighted by molar-refractivity contribution is 5.99. The Hall–Kier alpha value is -3.67. The number of benzene rings is 2. The van der Waals surface area contributed by atoms with Crippen molar-refractivity contribution in [1.29, 1.82) is 0 Å². The molecule has 0 radical (unpaired) electrons. The third-order valence-electron chi connectivity index (χ3n) is 3.79. The lowest BCUT2D eigenvalue weighted by molar-refractivity contribution is -0.136. The Balaban J connectivity index is 1.55. The number of esters is 2. The number of Topliss-reactive ketones (excluding diaryl/α,β-unsaturated/α-hetero) is 1. The molecule has 0 saturated carbocycles. The second-order valence-electron chi connectivity index (χ2n) is 5.63. The number of para-hydroxylation sites is 1. The molecule has 0 atom stereocenters. The highest BCUT2D eigenvalue weighted by Crippen LogP contribution is 2.19. The van der Waals surface area contributed by atoms with E-state index in [2.05, 4.69) is 4.74 Å². The van der Waals surface area contributed by atoms with Crippen LogP contribution in [0.15, 0.2) is 65.1 Å². The minimum atomic E-state index is -0.656. The Labute approximate surface area is 155 Å². The molecule has 3 aromatic rings. The van der Waals surface area contributed by atoms with Gasteiger partial charge in [-0.1, -0.05) is 30.3 Å². The van der Waals surface area contributed by atoms with Crippen LogP contribution in [0.25, 0.3) is 17.0 Å². The molecule has 0 spiro atoms. The fourth-order valence-electron chi connectivity index (χ4n) is 2.39. The maximum atomic E-state index is 12.1. The molecule has 1 aromatic heterocycles. The summed E-state index contributed by atoms with van der Waals surface area (Å²) < 4.78 is 15.0. The maximum Gasteiger partial charge on any atom is 0.337 e. The van der Waals surface area contributed by atoms with E-state index in [0.717, 1.165) is 5.39 Å². The fourth-order valence-corrected chi connectivity index (χ4v) is 2.39. The van der Waals surface area contributed by atoms with Gasteiger partial charge in [-0.2, -0.15) is 0 Å². The fraction of sp³-hybridized carbons (Fsp3) is 0.0952.